The van der Waals surface area contributed by atoms with Crippen molar-refractivity contribution in [3.8, 4) is 12.1 Å². The summed E-state index contributed by atoms with van der Waals surface area (Å²) in [5.41, 5.74) is 10.1. The SMILES string of the molecule is N#CC1C=CC2C(C1)C1=CC=CCC1N2c1cccc(C2=CCCc3c2c2ccccc2n3C2=CC=CCC2C#N)c1. The van der Waals surface area contributed by atoms with E-state index in [1.807, 2.05) is 0 Å². The molecule has 1 saturated heterocycles. The zero-order valence-corrected chi connectivity index (χ0v) is 23.5. The lowest BCUT2D eigenvalue weighted by Crippen LogP contribution is -2.38. The molecule has 0 saturated carbocycles. The molecule has 2 aromatic carbocycles. The Labute approximate surface area is 247 Å². The van der Waals surface area contributed by atoms with Crippen molar-refractivity contribution >= 4 is 27.9 Å². The Balaban J connectivity index is 1.25. The molecule has 0 bridgehead atoms. The first-order valence-corrected chi connectivity index (χ1v) is 15.2. The highest BCUT2D eigenvalue weighted by molar-refractivity contribution is 6.01. The molecule has 3 aromatic rings. The molecule has 0 spiro atoms. The number of benzene rings is 2. The number of anilines is 1. The average molecular weight is 545 g/mol. The molecule has 5 aliphatic rings. The number of hydrogen-bond donors (Lipinski definition) is 0. The average Bonchev–Trinajstić information content (AvgIpc) is 3.57. The largest absolute Gasteiger partial charge is 0.357 e. The molecule has 0 N–H and O–H groups in total. The molecule has 1 aliphatic heterocycles. The normalized spacial score (nSPS) is 27.3. The fourth-order valence-electron chi connectivity index (χ4n) is 8.07. The summed E-state index contributed by atoms with van der Waals surface area (Å²) < 4.78 is 2.38. The summed E-state index contributed by atoms with van der Waals surface area (Å²) in [5.74, 6) is 0.220. The third kappa shape index (κ3) is 3.72. The lowest BCUT2D eigenvalue weighted by molar-refractivity contribution is 0.484. The third-order valence-corrected chi connectivity index (χ3v) is 9.85. The van der Waals surface area contributed by atoms with E-state index in [1.54, 1.807) is 0 Å². The third-order valence-electron chi connectivity index (χ3n) is 9.85. The van der Waals surface area contributed by atoms with E-state index in [0.717, 1.165) is 37.8 Å². The molecule has 4 aliphatic carbocycles. The summed E-state index contributed by atoms with van der Waals surface area (Å²) in [6.45, 7) is 0. The van der Waals surface area contributed by atoms with Gasteiger partial charge in [0.15, 0.2) is 0 Å². The maximum Gasteiger partial charge on any atom is 0.0902 e. The predicted octanol–water partition coefficient (Wildman–Crippen LogP) is 8.12. The molecule has 204 valence electrons. The minimum absolute atomic E-state index is 0.0106. The zero-order chi connectivity index (χ0) is 28.2. The Kier molecular flexibility index (Phi) is 5.90. The van der Waals surface area contributed by atoms with Gasteiger partial charge in [0.2, 0.25) is 0 Å². The van der Waals surface area contributed by atoms with Crippen LogP contribution in [0.1, 0.15) is 42.5 Å². The van der Waals surface area contributed by atoms with Crippen LogP contribution in [0.15, 0.2) is 109 Å². The van der Waals surface area contributed by atoms with Crippen LogP contribution in [-0.4, -0.2) is 16.7 Å². The van der Waals surface area contributed by atoms with Gasteiger partial charge in [-0.3, -0.25) is 0 Å². The molecule has 4 heteroatoms. The second-order valence-electron chi connectivity index (χ2n) is 12.0. The maximum absolute atomic E-state index is 10.0. The highest BCUT2D eigenvalue weighted by Crippen LogP contribution is 2.48. The molecule has 5 unspecified atom stereocenters. The van der Waals surface area contributed by atoms with E-state index in [-0.39, 0.29) is 17.9 Å². The molecule has 1 aromatic heterocycles. The molecule has 0 amide bonds. The fourth-order valence-corrected chi connectivity index (χ4v) is 8.07. The second-order valence-corrected chi connectivity index (χ2v) is 12.0. The minimum Gasteiger partial charge on any atom is -0.357 e. The van der Waals surface area contributed by atoms with Crippen LogP contribution in [0.4, 0.5) is 5.69 Å². The number of aromatic nitrogens is 1. The molecule has 0 radical (unpaired) electrons. The van der Waals surface area contributed by atoms with Crippen LogP contribution in [-0.2, 0) is 6.42 Å². The standard InChI is InChI=1S/C38H32N4/c39-23-25-19-20-36-32(21-25)30-12-2-5-16-34(30)41(36)28-11-7-10-26(22-28)29-14-8-18-37-38(29)31-13-3-6-17-35(31)42(37)33-15-4-1-9-27(33)24-40/h1-7,10-15,17,19-20,22,25,27,32,34,36H,8-9,16,18,21H2. The number of allylic oxidation sites excluding steroid dienone is 8. The first-order chi connectivity index (χ1) is 20.8. The van der Waals surface area contributed by atoms with Crippen LogP contribution in [0, 0.1) is 40.4 Å². The number of rotatable bonds is 3. The van der Waals surface area contributed by atoms with E-state index in [2.05, 4.69) is 125 Å². The Hall–Kier alpha value is -4.80. The molecular formula is C38H32N4. The summed E-state index contributed by atoms with van der Waals surface area (Å²) in [6, 6.07) is 23.4. The molecule has 1 fully saturated rings. The predicted molar refractivity (Wildman–Crippen MR) is 169 cm³/mol. The van der Waals surface area contributed by atoms with Crippen molar-refractivity contribution in [1.82, 2.24) is 4.57 Å². The quantitative estimate of drug-likeness (QED) is 0.313. The first kappa shape index (κ1) is 25.0. The topological polar surface area (TPSA) is 55.8 Å². The van der Waals surface area contributed by atoms with E-state index in [9.17, 15) is 10.5 Å². The Morgan fingerprint density at radius 1 is 0.881 bits per heavy atom. The molecule has 4 nitrogen and oxygen atoms in total. The van der Waals surface area contributed by atoms with Crippen molar-refractivity contribution in [2.24, 2.45) is 17.8 Å². The number of fused-ring (bicyclic) bond motifs is 6. The number of nitriles is 2. The number of para-hydroxylation sites is 1. The molecule has 8 rings (SSSR count). The smallest absolute Gasteiger partial charge is 0.0902 e. The van der Waals surface area contributed by atoms with E-state index < -0.39 is 0 Å². The summed E-state index contributed by atoms with van der Waals surface area (Å²) in [6.07, 6.45) is 24.5. The molecule has 5 atom stereocenters. The van der Waals surface area contributed by atoms with E-state index >= 15 is 0 Å². The van der Waals surface area contributed by atoms with Gasteiger partial charge in [-0.1, -0.05) is 78.9 Å². The van der Waals surface area contributed by atoms with Gasteiger partial charge in [-0.05, 0) is 73.1 Å². The summed E-state index contributed by atoms with van der Waals surface area (Å²) in [7, 11) is 0. The summed E-state index contributed by atoms with van der Waals surface area (Å²) in [5, 5.41) is 20.9. The monoisotopic (exact) mass is 544 g/mol. The van der Waals surface area contributed by atoms with Gasteiger partial charge in [-0.2, -0.15) is 10.5 Å². The first-order valence-electron chi connectivity index (χ1n) is 15.2. The Bertz CT molecular complexity index is 1880. The van der Waals surface area contributed by atoms with Crippen molar-refractivity contribution in [2.45, 2.75) is 44.2 Å². The van der Waals surface area contributed by atoms with Crippen LogP contribution < -0.4 is 4.90 Å². The number of hydrogen-bond acceptors (Lipinski definition) is 3. The van der Waals surface area contributed by atoms with Gasteiger partial charge in [-0.15, -0.1) is 0 Å². The van der Waals surface area contributed by atoms with Gasteiger partial charge in [0.1, 0.15) is 0 Å². The lowest BCUT2D eigenvalue weighted by Gasteiger charge is -2.34. The van der Waals surface area contributed by atoms with Gasteiger partial charge in [0.05, 0.1) is 41.6 Å². The van der Waals surface area contributed by atoms with Gasteiger partial charge in [0, 0.05) is 33.9 Å². The van der Waals surface area contributed by atoms with Crippen LogP contribution in [0.3, 0.4) is 0 Å². The van der Waals surface area contributed by atoms with E-state index in [1.165, 1.54) is 44.6 Å². The van der Waals surface area contributed by atoms with Crippen molar-refractivity contribution in [1.29, 1.82) is 10.5 Å². The van der Waals surface area contributed by atoms with Crippen LogP contribution in [0.5, 0.6) is 0 Å². The van der Waals surface area contributed by atoms with Crippen LogP contribution in [0.25, 0.3) is 22.2 Å². The number of nitrogens with zero attached hydrogens (tertiary/aromatic N) is 4. The van der Waals surface area contributed by atoms with Gasteiger partial charge in [-0.25, -0.2) is 0 Å². The van der Waals surface area contributed by atoms with Crippen molar-refractivity contribution < 1.29 is 0 Å². The van der Waals surface area contributed by atoms with Crippen molar-refractivity contribution in [2.75, 3.05) is 4.90 Å². The van der Waals surface area contributed by atoms with Crippen LogP contribution >= 0.6 is 0 Å². The van der Waals surface area contributed by atoms with Crippen molar-refractivity contribution in [3.05, 3.63) is 126 Å². The highest BCUT2D eigenvalue weighted by Gasteiger charge is 2.46. The van der Waals surface area contributed by atoms with Crippen LogP contribution in [0.2, 0.25) is 0 Å². The summed E-state index contributed by atoms with van der Waals surface area (Å²) in [4.78, 5) is 2.61. The van der Waals surface area contributed by atoms with Gasteiger partial charge >= 0.3 is 0 Å². The minimum atomic E-state index is -0.147. The maximum atomic E-state index is 10.0. The molecule has 2 heterocycles. The van der Waals surface area contributed by atoms with E-state index in [0.29, 0.717) is 12.0 Å². The Morgan fingerprint density at radius 2 is 1.76 bits per heavy atom. The van der Waals surface area contributed by atoms with Gasteiger partial charge in [0.25, 0.3) is 0 Å². The Morgan fingerprint density at radius 3 is 2.67 bits per heavy atom. The molecular weight excluding hydrogens is 512 g/mol. The second kappa shape index (κ2) is 9.93. The zero-order valence-electron chi connectivity index (χ0n) is 23.5. The van der Waals surface area contributed by atoms with E-state index in [4.69, 9.17) is 0 Å². The molecule has 42 heavy (non-hydrogen) atoms. The van der Waals surface area contributed by atoms with Crippen molar-refractivity contribution in [3.63, 3.8) is 0 Å². The highest BCUT2D eigenvalue weighted by atomic mass is 15.2. The van der Waals surface area contributed by atoms with Gasteiger partial charge < -0.3 is 9.47 Å². The lowest BCUT2D eigenvalue weighted by atomic mass is 9.80. The summed E-state index contributed by atoms with van der Waals surface area (Å²) >= 11 is 0. The fraction of sp³-hybridized carbons (Fsp3) is 0.263.